The minimum Gasteiger partial charge on any atom is -0.508 e. The topological polar surface area (TPSA) is 40.5 Å². The molecule has 2 heteroatoms. The Morgan fingerprint density at radius 2 is 1.00 bits per heavy atom. The molecule has 0 radical (unpaired) electrons. The van der Waals surface area contributed by atoms with Gasteiger partial charge in [0.1, 0.15) is 11.5 Å². The van der Waals surface area contributed by atoms with Gasteiger partial charge in [-0.05, 0) is 85.7 Å². The number of phenolic OH excluding ortho intramolecular Hbond substituents is 2. The summed E-state index contributed by atoms with van der Waals surface area (Å²) in [6.45, 7) is 10.0. The number of aromatic hydroxyl groups is 2. The SMILES string of the molecule is Cc1ccc(C(c2cc(C)c(O)cc2C)c2cc(C)c(O)cc2C)cc1. The van der Waals surface area contributed by atoms with Crippen LogP contribution in [0, 0.1) is 34.6 Å². The first-order chi connectivity index (χ1) is 12.3. The summed E-state index contributed by atoms with van der Waals surface area (Å²) in [5.41, 5.74) is 8.65. The smallest absolute Gasteiger partial charge is 0.118 e. The molecule has 0 saturated carbocycles. The molecule has 0 amide bonds. The van der Waals surface area contributed by atoms with Crippen molar-refractivity contribution in [2.24, 2.45) is 0 Å². The van der Waals surface area contributed by atoms with Gasteiger partial charge >= 0.3 is 0 Å². The van der Waals surface area contributed by atoms with Gasteiger partial charge in [-0.2, -0.15) is 0 Å². The van der Waals surface area contributed by atoms with Crippen molar-refractivity contribution in [1.82, 2.24) is 0 Å². The molecule has 134 valence electrons. The number of hydrogen-bond acceptors (Lipinski definition) is 2. The van der Waals surface area contributed by atoms with Crippen LogP contribution in [0.1, 0.15) is 50.4 Å². The summed E-state index contributed by atoms with van der Waals surface area (Å²) < 4.78 is 0. The van der Waals surface area contributed by atoms with Gasteiger partial charge in [-0.15, -0.1) is 0 Å². The molecular formula is C24H26O2. The highest BCUT2D eigenvalue weighted by Gasteiger charge is 2.22. The second kappa shape index (κ2) is 6.87. The number of benzene rings is 3. The molecule has 0 fully saturated rings. The van der Waals surface area contributed by atoms with Gasteiger partial charge < -0.3 is 10.2 Å². The zero-order valence-electron chi connectivity index (χ0n) is 16.1. The molecule has 0 aliphatic rings. The molecule has 0 atom stereocenters. The molecule has 2 N–H and O–H groups in total. The van der Waals surface area contributed by atoms with E-state index in [-0.39, 0.29) is 5.92 Å². The maximum Gasteiger partial charge on any atom is 0.118 e. The normalized spacial score (nSPS) is 11.2. The Kier molecular flexibility index (Phi) is 4.78. The molecule has 0 aliphatic heterocycles. The van der Waals surface area contributed by atoms with Crippen molar-refractivity contribution in [3.63, 3.8) is 0 Å². The second-order valence-electron chi connectivity index (χ2n) is 7.33. The summed E-state index contributed by atoms with van der Waals surface area (Å²) in [5.74, 6) is 0.703. The quantitative estimate of drug-likeness (QED) is 0.587. The van der Waals surface area contributed by atoms with Crippen LogP contribution in [0.5, 0.6) is 11.5 Å². The fraction of sp³-hybridized carbons (Fsp3) is 0.250. The van der Waals surface area contributed by atoms with E-state index in [0.29, 0.717) is 11.5 Å². The van der Waals surface area contributed by atoms with E-state index >= 15 is 0 Å². The van der Waals surface area contributed by atoms with Gasteiger partial charge in [0, 0.05) is 5.92 Å². The minimum atomic E-state index is 0.0502. The van der Waals surface area contributed by atoms with E-state index in [1.54, 1.807) is 0 Å². The molecule has 3 aromatic rings. The maximum atomic E-state index is 10.1. The Bertz CT molecular complexity index is 895. The highest BCUT2D eigenvalue weighted by molar-refractivity contribution is 5.54. The molecule has 26 heavy (non-hydrogen) atoms. The van der Waals surface area contributed by atoms with E-state index in [2.05, 4.69) is 43.3 Å². The molecule has 0 bridgehead atoms. The Hall–Kier alpha value is -2.74. The Morgan fingerprint density at radius 1 is 0.577 bits per heavy atom. The van der Waals surface area contributed by atoms with Crippen LogP contribution in [-0.4, -0.2) is 10.2 Å². The van der Waals surface area contributed by atoms with Crippen molar-refractivity contribution in [3.8, 4) is 11.5 Å². The van der Waals surface area contributed by atoms with Crippen LogP contribution in [0.15, 0.2) is 48.5 Å². The fourth-order valence-corrected chi connectivity index (χ4v) is 3.55. The number of aryl methyl sites for hydroxylation is 5. The van der Waals surface area contributed by atoms with Gasteiger partial charge in [0.05, 0.1) is 0 Å². The molecule has 0 aliphatic carbocycles. The molecule has 3 rings (SSSR count). The van der Waals surface area contributed by atoms with Crippen LogP contribution in [-0.2, 0) is 0 Å². The molecule has 0 heterocycles. The number of phenols is 2. The lowest BCUT2D eigenvalue weighted by atomic mass is 9.80. The Morgan fingerprint density at radius 3 is 1.42 bits per heavy atom. The number of hydrogen-bond donors (Lipinski definition) is 2. The minimum absolute atomic E-state index is 0.0502. The van der Waals surface area contributed by atoms with Crippen LogP contribution >= 0.6 is 0 Å². The average molecular weight is 346 g/mol. The third-order valence-corrected chi connectivity index (χ3v) is 5.20. The first kappa shape index (κ1) is 18.1. The van der Waals surface area contributed by atoms with Gasteiger partial charge in [-0.25, -0.2) is 0 Å². The van der Waals surface area contributed by atoms with Crippen molar-refractivity contribution in [2.75, 3.05) is 0 Å². The van der Waals surface area contributed by atoms with Crippen molar-refractivity contribution in [1.29, 1.82) is 0 Å². The molecule has 0 unspecified atom stereocenters. The van der Waals surface area contributed by atoms with Crippen LogP contribution in [0.4, 0.5) is 0 Å². The lowest BCUT2D eigenvalue weighted by Gasteiger charge is -2.24. The lowest BCUT2D eigenvalue weighted by Crippen LogP contribution is -2.08. The molecule has 2 nitrogen and oxygen atoms in total. The third kappa shape index (κ3) is 3.32. The van der Waals surface area contributed by atoms with Gasteiger partial charge in [0.2, 0.25) is 0 Å². The van der Waals surface area contributed by atoms with E-state index in [1.165, 1.54) is 22.3 Å². The highest BCUT2D eigenvalue weighted by atomic mass is 16.3. The van der Waals surface area contributed by atoms with E-state index in [1.807, 2.05) is 39.8 Å². The predicted octanol–water partition coefficient (Wildman–Crippen LogP) is 5.82. The van der Waals surface area contributed by atoms with E-state index in [9.17, 15) is 10.2 Å². The van der Waals surface area contributed by atoms with Crippen LogP contribution in [0.3, 0.4) is 0 Å². The highest BCUT2D eigenvalue weighted by Crippen LogP contribution is 2.39. The lowest BCUT2D eigenvalue weighted by molar-refractivity contribution is 0.470. The third-order valence-electron chi connectivity index (χ3n) is 5.20. The first-order valence-corrected chi connectivity index (χ1v) is 8.94. The van der Waals surface area contributed by atoms with Gasteiger partial charge in [-0.3, -0.25) is 0 Å². The average Bonchev–Trinajstić information content (AvgIpc) is 2.58. The van der Waals surface area contributed by atoms with Gasteiger partial charge in [0.15, 0.2) is 0 Å². The molecular weight excluding hydrogens is 320 g/mol. The monoisotopic (exact) mass is 346 g/mol. The fourth-order valence-electron chi connectivity index (χ4n) is 3.55. The van der Waals surface area contributed by atoms with Crippen LogP contribution in [0.2, 0.25) is 0 Å². The summed E-state index contributed by atoms with van der Waals surface area (Å²) in [5, 5.41) is 20.2. The molecule has 3 aromatic carbocycles. The van der Waals surface area contributed by atoms with Crippen molar-refractivity contribution in [3.05, 3.63) is 93.0 Å². The van der Waals surface area contributed by atoms with E-state index < -0.39 is 0 Å². The van der Waals surface area contributed by atoms with Crippen molar-refractivity contribution < 1.29 is 10.2 Å². The van der Waals surface area contributed by atoms with Crippen LogP contribution in [0.25, 0.3) is 0 Å². The van der Waals surface area contributed by atoms with Crippen molar-refractivity contribution >= 4 is 0 Å². The molecule has 0 aromatic heterocycles. The van der Waals surface area contributed by atoms with Gasteiger partial charge in [-0.1, -0.05) is 42.0 Å². The van der Waals surface area contributed by atoms with Gasteiger partial charge in [0.25, 0.3) is 0 Å². The predicted molar refractivity (Wildman–Crippen MR) is 107 cm³/mol. The largest absolute Gasteiger partial charge is 0.508 e. The van der Waals surface area contributed by atoms with E-state index in [4.69, 9.17) is 0 Å². The summed E-state index contributed by atoms with van der Waals surface area (Å²) in [6.07, 6.45) is 0. The maximum absolute atomic E-state index is 10.1. The van der Waals surface area contributed by atoms with Crippen molar-refractivity contribution in [2.45, 2.75) is 40.5 Å². The Balaban J connectivity index is 2.29. The number of rotatable bonds is 3. The van der Waals surface area contributed by atoms with E-state index in [0.717, 1.165) is 22.3 Å². The zero-order valence-corrected chi connectivity index (χ0v) is 16.1. The zero-order chi connectivity index (χ0) is 19.0. The summed E-state index contributed by atoms with van der Waals surface area (Å²) in [7, 11) is 0. The summed E-state index contributed by atoms with van der Waals surface area (Å²) >= 11 is 0. The Labute approximate surface area is 155 Å². The second-order valence-corrected chi connectivity index (χ2v) is 7.33. The molecule has 0 saturated heterocycles. The summed E-state index contributed by atoms with van der Waals surface area (Å²) in [4.78, 5) is 0. The standard InChI is InChI=1S/C24H26O2/c1-14-6-8-19(9-7-14)24(20-10-17(4)22(25)12-15(20)2)21-11-18(5)23(26)13-16(21)3/h6-13,24-26H,1-5H3. The molecule has 0 spiro atoms. The first-order valence-electron chi connectivity index (χ1n) is 8.94. The summed E-state index contributed by atoms with van der Waals surface area (Å²) in [6, 6.07) is 16.4. The van der Waals surface area contributed by atoms with Crippen LogP contribution < -0.4 is 0 Å².